The summed E-state index contributed by atoms with van der Waals surface area (Å²) in [5, 5.41) is 0. The van der Waals surface area contributed by atoms with E-state index < -0.39 is 11.9 Å². The molecule has 4 amide bonds. The third kappa shape index (κ3) is 1.80. The topological polar surface area (TPSA) is 60.9 Å². The Morgan fingerprint density at radius 1 is 0.944 bits per heavy atom. The number of hydrogen-bond acceptors (Lipinski definition) is 4. The van der Waals surface area contributed by atoms with E-state index in [1.54, 1.807) is 0 Å². The lowest BCUT2D eigenvalue weighted by Gasteiger charge is -2.36. The zero-order valence-electron chi connectivity index (χ0n) is 11.2. The van der Waals surface area contributed by atoms with Crippen LogP contribution in [0.2, 0.25) is 0 Å². The van der Waals surface area contributed by atoms with E-state index in [9.17, 15) is 14.4 Å². The molecule has 0 aromatic heterocycles. The van der Waals surface area contributed by atoms with Crippen LogP contribution in [0.25, 0.3) is 0 Å². The molecule has 2 fully saturated rings. The number of amides is 4. The number of carbonyl (C=O) groups is 3. The van der Waals surface area contributed by atoms with E-state index in [-0.39, 0.29) is 23.7 Å². The van der Waals surface area contributed by atoms with Crippen LogP contribution in [0.15, 0.2) is 0 Å². The molecule has 0 aliphatic carbocycles. The van der Waals surface area contributed by atoms with Gasteiger partial charge < -0.3 is 4.90 Å². The first-order valence-corrected chi connectivity index (χ1v) is 6.12. The lowest BCUT2D eigenvalue weighted by Crippen LogP contribution is -2.59. The fourth-order valence-corrected chi connectivity index (χ4v) is 2.98. The quantitative estimate of drug-likeness (QED) is 0.610. The fraction of sp³-hybridized carbons (Fsp3) is 0.750. The minimum absolute atomic E-state index is 0.00648. The first kappa shape index (κ1) is 13.0. The number of barbiturate groups is 1. The van der Waals surface area contributed by atoms with Crippen LogP contribution in [0.4, 0.5) is 4.79 Å². The van der Waals surface area contributed by atoms with E-state index in [4.69, 9.17) is 0 Å². The van der Waals surface area contributed by atoms with Crippen molar-refractivity contribution in [2.75, 3.05) is 34.2 Å². The monoisotopic (exact) mass is 253 g/mol. The summed E-state index contributed by atoms with van der Waals surface area (Å²) in [6, 6.07) is -0.541. The molecule has 0 bridgehead atoms. The summed E-state index contributed by atoms with van der Waals surface area (Å²) < 4.78 is 0. The van der Waals surface area contributed by atoms with E-state index in [0.29, 0.717) is 0 Å². The molecule has 100 valence electrons. The molecule has 2 unspecified atom stereocenters. The van der Waals surface area contributed by atoms with Crippen LogP contribution in [-0.4, -0.2) is 66.8 Å². The van der Waals surface area contributed by atoms with E-state index in [0.717, 1.165) is 22.9 Å². The van der Waals surface area contributed by atoms with Crippen molar-refractivity contribution in [2.45, 2.75) is 6.92 Å². The summed E-state index contributed by atoms with van der Waals surface area (Å²) in [4.78, 5) is 40.2. The second kappa shape index (κ2) is 4.35. The van der Waals surface area contributed by atoms with Gasteiger partial charge in [-0.2, -0.15) is 0 Å². The van der Waals surface area contributed by atoms with E-state index >= 15 is 0 Å². The number of imide groups is 2. The summed E-state index contributed by atoms with van der Waals surface area (Å²) in [6.45, 7) is 3.65. The highest BCUT2D eigenvalue weighted by Crippen LogP contribution is 2.33. The van der Waals surface area contributed by atoms with Gasteiger partial charge in [0.05, 0.1) is 0 Å². The van der Waals surface area contributed by atoms with Crippen LogP contribution in [0.1, 0.15) is 6.92 Å². The number of rotatable bonds is 1. The molecular weight excluding hydrogens is 234 g/mol. The molecular formula is C12H19N3O3. The highest BCUT2D eigenvalue weighted by Gasteiger charge is 2.49. The molecule has 18 heavy (non-hydrogen) atoms. The summed E-state index contributed by atoms with van der Waals surface area (Å²) in [5.41, 5.74) is 0. The third-order valence-corrected chi connectivity index (χ3v) is 4.05. The maximum atomic E-state index is 12.2. The van der Waals surface area contributed by atoms with Gasteiger partial charge in [-0.25, -0.2) is 4.79 Å². The molecule has 0 saturated carbocycles. The Hall–Kier alpha value is -1.43. The molecule has 0 N–H and O–H groups in total. The molecule has 6 nitrogen and oxygen atoms in total. The predicted molar refractivity (Wildman–Crippen MR) is 64.6 cm³/mol. The zero-order chi connectivity index (χ0) is 13.6. The summed E-state index contributed by atoms with van der Waals surface area (Å²) in [7, 11) is 4.85. The normalized spacial score (nSPS) is 31.7. The van der Waals surface area contributed by atoms with E-state index in [1.807, 2.05) is 14.0 Å². The highest BCUT2D eigenvalue weighted by molar-refractivity contribution is 6.15. The fourth-order valence-electron chi connectivity index (χ4n) is 2.98. The van der Waals surface area contributed by atoms with Crippen LogP contribution < -0.4 is 0 Å². The van der Waals surface area contributed by atoms with Crippen molar-refractivity contribution in [3.8, 4) is 0 Å². The number of likely N-dealkylation sites (tertiary alicyclic amines) is 1. The molecule has 2 saturated heterocycles. The van der Waals surface area contributed by atoms with Gasteiger partial charge in [0.1, 0.15) is 5.92 Å². The Morgan fingerprint density at radius 2 is 1.44 bits per heavy atom. The maximum absolute atomic E-state index is 12.2. The zero-order valence-corrected chi connectivity index (χ0v) is 11.2. The predicted octanol–water partition coefficient (Wildman–Crippen LogP) is -0.149. The summed E-state index contributed by atoms with van der Waals surface area (Å²) >= 11 is 0. The van der Waals surface area contributed by atoms with Crippen molar-refractivity contribution in [2.24, 2.45) is 17.8 Å². The maximum Gasteiger partial charge on any atom is 0.332 e. The second-order valence-electron chi connectivity index (χ2n) is 5.42. The Labute approximate surface area is 107 Å². The van der Waals surface area contributed by atoms with Crippen molar-refractivity contribution in [3.05, 3.63) is 0 Å². The molecule has 0 spiro atoms. The minimum Gasteiger partial charge on any atom is -0.306 e. The second-order valence-corrected chi connectivity index (χ2v) is 5.42. The molecule has 2 rings (SSSR count). The molecule has 0 radical (unpaired) electrons. The molecule has 0 aromatic rings. The van der Waals surface area contributed by atoms with Crippen molar-refractivity contribution >= 4 is 17.8 Å². The van der Waals surface area contributed by atoms with Crippen molar-refractivity contribution in [1.29, 1.82) is 0 Å². The lowest BCUT2D eigenvalue weighted by molar-refractivity contribution is -0.150. The average molecular weight is 253 g/mol. The van der Waals surface area contributed by atoms with Gasteiger partial charge in [0.15, 0.2) is 0 Å². The largest absolute Gasteiger partial charge is 0.332 e. The van der Waals surface area contributed by atoms with Gasteiger partial charge in [-0.1, -0.05) is 6.92 Å². The summed E-state index contributed by atoms with van der Waals surface area (Å²) in [5.74, 6) is -1.17. The Bertz CT molecular complexity index is 385. The van der Waals surface area contributed by atoms with Gasteiger partial charge in [0, 0.05) is 27.2 Å². The molecule has 2 heterocycles. The first-order valence-electron chi connectivity index (χ1n) is 6.12. The first-order chi connectivity index (χ1) is 8.34. The van der Waals surface area contributed by atoms with E-state index in [2.05, 4.69) is 4.90 Å². The van der Waals surface area contributed by atoms with E-state index in [1.165, 1.54) is 14.1 Å². The molecule has 2 aliphatic heterocycles. The van der Waals surface area contributed by atoms with Crippen LogP contribution >= 0.6 is 0 Å². The van der Waals surface area contributed by atoms with Gasteiger partial charge in [-0.05, 0) is 18.9 Å². The van der Waals surface area contributed by atoms with Gasteiger partial charge in [-0.15, -0.1) is 0 Å². The number of urea groups is 1. The van der Waals surface area contributed by atoms with Crippen molar-refractivity contribution in [3.63, 3.8) is 0 Å². The van der Waals surface area contributed by atoms with Crippen molar-refractivity contribution in [1.82, 2.24) is 14.7 Å². The van der Waals surface area contributed by atoms with Gasteiger partial charge in [-0.3, -0.25) is 19.4 Å². The van der Waals surface area contributed by atoms with Crippen LogP contribution in [-0.2, 0) is 9.59 Å². The average Bonchev–Trinajstić information content (AvgIpc) is 2.64. The van der Waals surface area contributed by atoms with Crippen LogP contribution in [0.5, 0.6) is 0 Å². The van der Waals surface area contributed by atoms with Crippen molar-refractivity contribution < 1.29 is 14.4 Å². The smallest absolute Gasteiger partial charge is 0.306 e. The third-order valence-electron chi connectivity index (χ3n) is 4.05. The molecule has 2 atom stereocenters. The molecule has 6 heteroatoms. The lowest BCUT2D eigenvalue weighted by atomic mass is 9.82. The molecule has 2 aliphatic rings. The van der Waals surface area contributed by atoms with Gasteiger partial charge >= 0.3 is 6.03 Å². The molecule has 0 aromatic carbocycles. The highest BCUT2D eigenvalue weighted by atomic mass is 16.2. The Balaban J connectivity index is 2.29. The number of carbonyl (C=O) groups excluding carboxylic acids is 3. The number of hydrogen-bond donors (Lipinski definition) is 0. The minimum atomic E-state index is -0.711. The SMILES string of the molecule is CC1CN(C)CC1C1C(=O)N(C)C(=O)N(C)C1=O. The standard InChI is InChI=1S/C12H19N3O3/c1-7-5-13(2)6-8(7)9-10(16)14(3)12(18)15(4)11(9)17/h7-9H,5-6H2,1-4H3. The van der Waals surface area contributed by atoms with Gasteiger partial charge in [0.25, 0.3) is 0 Å². The van der Waals surface area contributed by atoms with Gasteiger partial charge in [0.2, 0.25) is 11.8 Å². The Kier molecular flexibility index (Phi) is 3.14. The number of nitrogens with zero attached hydrogens (tertiary/aromatic N) is 3. The van der Waals surface area contributed by atoms with Crippen LogP contribution in [0, 0.1) is 17.8 Å². The van der Waals surface area contributed by atoms with Crippen LogP contribution in [0.3, 0.4) is 0 Å². The Morgan fingerprint density at radius 3 is 1.83 bits per heavy atom. The summed E-state index contributed by atoms with van der Waals surface area (Å²) in [6.07, 6.45) is 0.